The lowest BCUT2D eigenvalue weighted by Gasteiger charge is -2.58. The molecule has 2 heterocycles. The van der Waals surface area contributed by atoms with Crippen LogP contribution in [-0.4, -0.2) is 12.2 Å². The van der Waals surface area contributed by atoms with Gasteiger partial charge in [-0.15, -0.1) is 0 Å². The summed E-state index contributed by atoms with van der Waals surface area (Å²) in [5.74, 6) is 1.95. The molecule has 0 aromatic rings. The summed E-state index contributed by atoms with van der Waals surface area (Å²) >= 11 is 0. The topological polar surface area (TPSA) is 9.23 Å². The molecule has 1 heteroatoms. The number of hydrogen-bond acceptors (Lipinski definition) is 1. The van der Waals surface area contributed by atoms with E-state index in [9.17, 15) is 0 Å². The molecule has 2 saturated heterocycles. The third-order valence-electron chi connectivity index (χ3n) is 8.03. The molecule has 18 heavy (non-hydrogen) atoms. The minimum Gasteiger partial charge on any atom is -0.375 e. The van der Waals surface area contributed by atoms with Gasteiger partial charge >= 0.3 is 0 Å². The van der Waals surface area contributed by atoms with Crippen molar-refractivity contribution in [2.45, 2.75) is 71.8 Å². The van der Waals surface area contributed by atoms with Crippen LogP contribution in [0.15, 0.2) is 0 Å². The van der Waals surface area contributed by atoms with Crippen molar-refractivity contribution in [3.8, 4) is 0 Å². The third-order valence-corrected chi connectivity index (χ3v) is 8.03. The first kappa shape index (κ1) is 11.8. The van der Waals surface area contributed by atoms with Crippen molar-refractivity contribution in [2.75, 3.05) is 6.61 Å². The van der Waals surface area contributed by atoms with Crippen LogP contribution >= 0.6 is 0 Å². The molecule has 5 fully saturated rings. The highest BCUT2D eigenvalue weighted by molar-refractivity contribution is 5.20. The van der Waals surface area contributed by atoms with Gasteiger partial charge in [0.05, 0.1) is 12.2 Å². The molecule has 2 aliphatic heterocycles. The SMILES string of the molecule is CC12CCC(C3CC4CC4(C)C3(C)C)(CC1)CO2. The van der Waals surface area contributed by atoms with Crippen LogP contribution in [0.4, 0.5) is 0 Å². The van der Waals surface area contributed by atoms with Gasteiger partial charge in [0.25, 0.3) is 0 Å². The molecular formula is C17H28O. The van der Waals surface area contributed by atoms with E-state index in [0.29, 0.717) is 16.2 Å². The van der Waals surface area contributed by atoms with E-state index in [2.05, 4.69) is 27.7 Å². The molecule has 0 N–H and O–H groups in total. The van der Waals surface area contributed by atoms with Crippen LogP contribution < -0.4 is 0 Å². The van der Waals surface area contributed by atoms with Gasteiger partial charge < -0.3 is 4.74 Å². The molecule has 0 amide bonds. The lowest BCUT2D eigenvalue weighted by atomic mass is 9.53. The maximum absolute atomic E-state index is 6.26. The van der Waals surface area contributed by atoms with E-state index in [0.717, 1.165) is 18.4 Å². The lowest BCUT2D eigenvalue weighted by Crippen LogP contribution is -2.55. The van der Waals surface area contributed by atoms with Crippen LogP contribution in [0.2, 0.25) is 0 Å². The number of fused-ring (bicyclic) bond motifs is 4. The van der Waals surface area contributed by atoms with Crippen LogP contribution in [0.1, 0.15) is 66.2 Å². The van der Waals surface area contributed by atoms with E-state index in [4.69, 9.17) is 4.74 Å². The summed E-state index contributed by atoms with van der Waals surface area (Å²) < 4.78 is 6.26. The summed E-state index contributed by atoms with van der Waals surface area (Å²) in [7, 11) is 0. The number of rotatable bonds is 1. The Morgan fingerprint density at radius 3 is 2.06 bits per heavy atom. The maximum Gasteiger partial charge on any atom is 0.0655 e. The second-order valence-corrected chi connectivity index (χ2v) is 8.93. The van der Waals surface area contributed by atoms with Crippen molar-refractivity contribution in [1.82, 2.24) is 0 Å². The molecular weight excluding hydrogens is 220 g/mol. The van der Waals surface area contributed by atoms with Crippen molar-refractivity contribution in [1.29, 1.82) is 0 Å². The third kappa shape index (κ3) is 1.18. The molecule has 2 bridgehead atoms. The molecule has 3 atom stereocenters. The van der Waals surface area contributed by atoms with Gasteiger partial charge in [-0.05, 0) is 73.5 Å². The van der Waals surface area contributed by atoms with Crippen molar-refractivity contribution in [2.24, 2.45) is 28.1 Å². The average Bonchev–Trinajstić information content (AvgIpc) is 2.95. The largest absolute Gasteiger partial charge is 0.375 e. The molecule has 0 aromatic carbocycles. The van der Waals surface area contributed by atoms with Gasteiger partial charge in [-0.2, -0.15) is 0 Å². The van der Waals surface area contributed by atoms with Crippen LogP contribution in [0.5, 0.6) is 0 Å². The first-order chi connectivity index (χ1) is 8.32. The summed E-state index contributed by atoms with van der Waals surface area (Å²) in [4.78, 5) is 0. The fourth-order valence-electron chi connectivity index (χ4n) is 5.91. The zero-order valence-corrected chi connectivity index (χ0v) is 12.5. The predicted molar refractivity (Wildman–Crippen MR) is 73.4 cm³/mol. The second kappa shape index (κ2) is 3.00. The zero-order chi connectivity index (χ0) is 12.8. The highest BCUT2D eigenvalue weighted by atomic mass is 16.5. The first-order valence-electron chi connectivity index (χ1n) is 7.95. The van der Waals surface area contributed by atoms with Crippen LogP contribution in [0.25, 0.3) is 0 Å². The Kier molecular flexibility index (Phi) is 1.96. The Morgan fingerprint density at radius 1 is 0.944 bits per heavy atom. The van der Waals surface area contributed by atoms with Gasteiger partial charge in [-0.1, -0.05) is 20.8 Å². The highest BCUT2D eigenvalue weighted by Crippen LogP contribution is 2.78. The number of ether oxygens (including phenoxy) is 1. The van der Waals surface area contributed by atoms with Gasteiger partial charge in [0.1, 0.15) is 0 Å². The zero-order valence-electron chi connectivity index (χ0n) is 12.5. The van der Waals surface area contributed by atoms with E-state index in [-0.39, 0.29) is 5.60 Å². The summed E-state index contributed by atoms with van der Waals surface area (Å²) in [6, 6.07) is 0. The monoisotopic (exact) mass is 248 g/mol. The summed E-state index contributed by atoms with van der Waals surface area (Å²) in [5.41, 5.74) is 1.96. The minimum atomic E-state index is 0.233. The quantitative estimate of drug-likeness (QED) is 0.668. The molecule has 3 saturated carbocycles. The Bertz CT molecular complexity index is 372. The lowest BCUT2D eigenvalue weighted by molar-refractivity contribution is -0.205. The van der Waals surface area contributed by atoms with E-state index in [1.807, 2.05) is 0 Å². The van der Waals surface area contributed by atoms with E-state index >= 15 is 0 Å². The van der Waals surface area contributed by atoms with Crippen LogP contribution in [0, 0.1) is 28.1 Å². The molecule has 3 unspecified atom stereocenters. The van der Waals surface area contributed by atoms with Gasteiger partial charge in [0.2, 0.25) is 0 Å². The Balaban J connectivity index is 1.65. The van der Waals surface area contributed by atoms with Crippen molar-refractivity contribution in [3.05, 3.63) is 0 Å². The summed E-state index contributed by atoms with van der Waals surface area (Å²) in [6.45, 7) is 11.0. The van der Waals surface area contributed by atoms with Gasteiger partial charge in [-0.3, -0.25) is 0 Å². The van der Waals surface area contributed by atoms with Crippen molar-refractivity contribution < 1.29 is 4.74 Å². The predicted octanol–water partition coefficient (Wildman–Crippen LogP) is 4.41. The molecule has 1 nitrogen and oxygen atoms in total. The molecule has 5 aliphatic rings. The molecule has 0 spiro atoms. The molecule has 0 aromatic heterocycles. The number of hydrogen-bond donors (Lipinski definition) is 0. The minimum absolute atomic E-state index is 0.233. The van der Waals surface area contributed by atoms with Crippen molar-refractivity contribution >= 4 is 0 Å². The second-order valence-electron chi connectivity index (χ2n) is 8.93. The van der Waals surface area contributed by atoms with Crippen LogP contribution in [0.3, 0.4) is 0 Å². The first-order valence-corrected chi connectivity index (χ1v) is 7.95. The van der Waals surface area contributed by atoms with Gasteiger partial charge in [0.15, 0.2) is 0 Å². The Hall–Kier alpha value is -0.0400. The summed E-state index contributed by atoms with van der Waals surface area (Å²) in [5, 5.41) is 0. The highest BCUT2D eigenvalue weighted by Gasteiger charge is 2.71. The fourth-order valence-corrected chi connectivity index (χ4v) is 5.91. The van der Waals surface area contributed by atoms with Gasteiger partial charge in [0, 0.05) is 0 Å². The van der Waals surface area contributed by atoms with Crippen molar-refractivity contribution in [3.63, 3.8) is 0 Å². The smallest absolute Gasteiger partial charge is 0.0655 e. The molecule has 102 valence electrons. The van der Waals surface area contributed by atoms with Gasteiger partial charge in [-0.25, -0.2) is 0 Å². The van der Waals surface area contributed by atoms with E-state index < -0.39 is 0 Å². The van der Waals surface area contributed by atoms with Crippen LogP contribution in [-0.2, 0) is 4.74 Å². The maximum atomic E-state index is 6.26. The standard InChI is InChI=1S/C17H28O/c1-14(2)13(9-12-10-16(12,14)4)17-7-5-15(3,6-8-17)18-11-17/h12-13H,5-11H2,1-4H3. The molecule has 3 aliphatic carbocycles. The summed E-state index contributed by atoms with van der Waals surface area (Å²) in [6.07, 6.45) is 8.46. The Labute approximate surface area is 112 Å². The van der Waals surface area contributed by atoms with E-state index in [1.165, 1.54) is 38.5 Å². The Morgan fingerprint density at radius 2 is 1.61 bits per heavy atom. The average molecular weight is 248 g/mol. The fraction of sp³-hybridized carbons (Fsp3) is 1.00. The normalized spacial score (nSPS) is 60.7. The molecule has 0 radical (unpaired) electrons. The van der Waals surface area contributed by atoms with E-state index in [1.54, 1.807) is 0 Å². The molecule has 5 rings (SSSR count).